The van der Waals surface area contributed by atoms with Gasteiger partial charge in [0.1, 0.15) is 0 Å². The SMILES string of the molecule is O=Cc1ccccc1N1CCC2CCCCC21. The Labute approximate surface area is 103 Å². The number of nitrogens with zero attached hydrogens (tertiary/aromatic N) is 1. The van der Waals surface area contributed by atoms with Crippen molar-refractivity contribution < 1.29 is 4.79 Å². The van der Waals surface area contributed by atoms with Gasteiger partial charge in [0.2, 0.25) is 0 Å². The lowest BCUT2D eigenvalue weighted by molar-refractivity contribution is 0.112. The van der Waals surface area contributed by atoms with E-state index in [4.69, 9.17) is 0 Å². The molecule has 2 aliphatic rings. The zero-order chi connectivity index (χ0) is 11.7. The molecule has 0 bridgehead atoms. The van der Waals surface area contributed by atoms with Gasteiger partial charge in [-0.05, 0) is 37.3 Å². The van der Waals surface area contributed by atoms with Gasteiger partial charge >= 0.3 is 0 Å². The van der Waals surface area contributed by atoms with Crippen LogP contribution >= 0.6 is 0 Å². The van der Waals surface area contributed by atoms with E-state index in [9.17, 15) is 4.79 Å². The largest absolute Gasteiger partial charge is 0.368 e. The molecule has 1 aliphatic heterocycles. The Morgan fingerprint density at radius 2 is 1.94 bits per heavy atom. The van der Waals surface area contributed by atoms with Crippen LogP contribution in [-0.2, 0) is 0 Å². The normalized spacial score (nSPS) is 27.9. The van der Waals surface area contributed by atoms with Gasteiger partial charge in [-0.1, -0.05) is 25.0 Å². The van der Waals surface area contributed by atoms with Crippen LogP contribution in [0.15, 0.2) is 24.3 Å². The van der Waals surface area contributed by atoms with E-state index in [1.807, 2.05) is 18.2 Å². The fourth-order valence-electron chi connectivity index (χ4n) is 3.55. The number of anilines is 1. The van der Waals surface area contributed by atoms with Crippen molar-refractivity contribution in [1.29, 1.82) is 0 Å². The van der Waals surface area contributed by atoms with E-state index in [-0.39, 0.29) is 0 Å². The molecule has 0 N–H and O–H groups in total. The lowest BCUT2D eigenvalue weighted by Crippen LogP contribution is -2.35. The van der Waals surface area contributed by atoms with E-state index in [0.717, 1.165) is 30.0 Å². The number of benzene rings is 1. The number of aldehydes is 1. The Hall–Kier alpha value is -1.31. The second-order valence-electron chi connectivity index (χ2n) is 5.27. The van der Waals surface area contributed by atoms with Gasteiger partial charge in [-0.15, -0.1) is 0 Å². The van der Waals surface area contributed by atoms with E-state index < -0.39 is 0 Å². The first kappa shape index (κ1) is 10.8. The third-order valence-corrected chi connectivity index (χ3v) is 4.38. The standard InChI is InChI=1S/C15H19NO/c17-11-13-6-2-4-8-15(13)16-10-9-12-5-1-3-7-14(12)16/h2,4,6,8,11-12,14H,1,3,5,7,9-10H2. The summed E-state index contributed by atoms with van der Waals surface area (Å²) in [4.78, 5) is 13.6. The van der Waals surface area contributed by atoms with Crippen LogP contribution in [0.2, 0.25) is 0 Å². The summed E-state index contributed by atoms with van der Waals surface area (Å²) in [5, 5.41) is 0. The Bertz CT molecular complexity index is 415. The van der Waals surface area contributed by atoms with Crippen LogP contribution in [0.3, 0.4) is 0 Å². The molecule has 1 saturated carbocycles. The zero-order valence-corrected chi connectivity index (χ0v) is 10.1. The number of fused-ring (bicyclic) bond motifs is 1. The highest BCUT2D eigenvalue weighted by molar-refractivity contribution is 5.84. The molecule has 2 fully saturated rings. The van der Waals surface area contributed by atoms with Gasteiger partial charge in [-0.25, -0.2) is 0 Å². The summed E-state index contributed by atoms with van der Waals surface area (Å²) in [6.45, 7) is 1.13. The summed E-state index contributed by atoms with van der Waals surface area (Å²) in [6, 6.07) is 8.70. The minimum absolute atomic E-state index is 0.685. The van der Waals surface area contributed by atoms with Crippen LogP contribution in [0.4, 0.5) is 5.69 Å². The van der Waals surface area contributed by atoms with E-state index in [1.54, 1.807) is 0 Å². The summed E-state index contributed by atoms with van der Waals surface area (Å²) in [6.07, 6.45) is 7.72. The Kier molecular flexibility index (Phi) is 2.87. The van der Waals surface area contributed by atoms with Gasteiger partial charge in [0, 0.05) is 23.8 Å². The molecule has 3 rings (SSSR count). The molecule has 1 heterocycles. The maximum atomic E-state index is 11.1. The Balaban J connectivity index is 1.91. The van der Waals surface area contributed by atoms with Crippen molar-refractivity contribution in [2.45, 2.75) is 38.1 Å². The number of hydrogen-bond acceptors (Lipinski definition) is 2. The van der Waals surface area contributed by atoms with Crippen LogP contribution in [0.25, 0.3) is 0 Å². The molecular weight excluding hydrogens is 210 g/mol. The van der Waals surface area contributed by atoms with Crippen molar-refractivity contribution in [3.8, 4) is 0 Å². The number of carbonyl (C=O) groups is 1. The monoisotopic (exact) mass is 229 g/mol. The first-order valence-electron chi connectivity index (χ1n) is 6.71. The molecule has 90 valence electrons. The molecule has 2 unspecified atom stereocenters. The summed E-state index contributed by atoms with van der Waals surface area (Å²) < 4.78 is 0. The molecule has 1 aromatic rings. The quantitative estimate of drug-likeness (QED) is 0.725. The number of carbonyl (C=O) groups excluding carboxylic acids is 1. The Morgan fingerprint density at radius 1 is 1.12 bits per heavy atom. The second-order valence-corrected chi connectivity index (χ2v) is 5.27. The van der Waals surface area contributed by atoms with E-state index in [2.05, 4.69) is 11.0 Å². The third-order valence-electron chi connectivity index (χ3n) is 4.38. The lowest BCUT2D eigenvalue weighted by atomic mass is 9.85. The number of para-hydroxylation sites is 1. The van der Waals surface area contributed by atoms with Crippen molar-refractivity contribution in [2.24, 2.45) is 5.92 Å². The molecule has 2 atom stereocenters. The van der Waals surface area contributed by atoms with Crippen LogP contribution in [0.1, 0.15) is 42.5 Å². The molecule has 2 nitrogen and oxygen atoms in total. The van der Waals surface area contributed by atoms with E-state index in [1.165, 1.54) is 32.1 Å². The van der Waals surface area contributed by atoms with Gasteiger partial charge in [-0.2, -0.15) is 0 Å². The van der Waals surface area contributed by atoms with E-state index >= 15 is 0 Å². The van der Waals surface area contributed by atoms with Crippen molar-refractivity contribution in [2.75, 3.05) is 11.4 Å². The highest BCUT2D eigenvalue weighted by atomic mass is 16.1. The summed E-state index contributed by atoms with van der Waals surface area (Å²) in [5.74, 6) is 0.864. The molecule has 0 radical (unpaired) electrons. The van der Waals surface area contributed by atoms with Crippen molar-refractivity contribution in [1.82, 2.24) is 0 Å². The summed E-state index contributed by atoms with van der Waals surface area (Å²) in [5.41, 5.74) is 2.00. The molecule has 1 saturated heterocycles. The van der Waals surface area contributed by atoms with E-state index in [0.29, 0.717) is 6.04 Å². The summed E-state index contributed by atoms with van der Waals surface area (Å²) in [7, 11) is 0. The van der Waals surface area contributed by atoms with Crippen molar-refractivity contribution in [3.63, 3.8) is 0 Å². The second kappa shape index (κ2) is 4.52. The average Bonchev–Trinajstić information content (AvgIpc) is 2.82. The number of hydrogen-bond donors (Lipinski definition) is 0. The van der Waals surface area contributed by atoms with Crippen LogP contribution in [-0.4, -0.2) is 18.9 Å². The first-order chi connectivity index (χ1) is 8.40. The van der Waals surface area contributed by atoms with Crippen LogP contribution in [0.5, 0.6) is 0 Å². The highest BCUT2D eigenvalue weighted by Gasteiger charge is 2.36. The van der Waals surface area contributed by atoms with Gasteiger partial charge in [0.05, 0.1) is 0 Å². The van der Waals surface area contributed by atoms with Crippen LogP contribution < -0.4 is 4.90 Å². The minimum atomic E-state index is 0.685. The van der Waals surface area contributed by atoms with Crippen LogP contribution in [0, 0.1) is 5.92 Å². The molecule has 0 amide bonds. The maximum absolute atomic E-state index is 11.1. The van der Waals surface area contributed by atoms with Gasteiger partial charge in [0.15, 0.2) is 6.29 Å². The maximum Gasteiger partial charge on any atom is 0.152 e. The molecule has 0 aromatic heterocycles. The van der Waals surface area contributed by atoms with Gasteiger partial charge in [-0.3, -0.25) is 4.79 Å². The lowest BCUT2D eigenvalue weighted by Gasteiger charge is -2.33. The molecular formula is C15H19NO. The Morgan fingerprint density at radius 3 is 2.82 bits per heavy atom. The van der Waals surface area contributed by atoms with Crippen molar-refractivity contribution >= 4 is 12.0 Å². The van der Waals surface area contributed by atoms with Gasteiger partial charge in [0.25, 0.3) is 0 Å². The molecule has 1 aliphatic carbocycles. The molecule has 1 aromatic carbocycles. The zero-order valence-electron chi connectivity index (χ0n) is 10.1. The highest BCUT2D eigenvalue weighted by Crippen LogP contribution is 2.39. The van der Waals surface area contributed by atoms with Gasteiger partial charge < -0.3 is 4.90 Å². The molecule has 2 heteroatoms. The molecule has 0 spiro atoms. The first-order valence-corrected chi connectivity index (χ1v) is 6.71. The van der Waals surface area contributed by atoms with Crippen molar-refractivity contribution in [3.05, 3.63) is 29.8 Å². The number of rotatable bonds is 2. The fraction of sp³-hybridized carbons (Fsp3) is 0.533. The predicted octanol–water partition coefficient (Wildman–Crippen LogP) is 3.27. The smallest absolute Gasteiger partial charge is 0.152 e. The summed E-state index contributed by atoms with van der Waals surface area (Å²) >= 11 is 0. The predicted molar refractivity (Wildman–Crippen MR) is 69.5 cm³/mol. The minimum Gasteiger partial charge on any atom is -0.368 e. The topological polar surface area (TPSA) is 20.3 Å². The fourth-order valence-corrected chi connectivity index (χ4v) is 3.55. The third kappa shape index (κ3) is 1.86. The molecule has 17 heavy (non-hydrogen) atoms. The average molecular weight is 229 g/mol.